The van der Waals surface area contributed by atoms with Crippen LogP contribution in [-0.4, -0.2) is 23.3 Å². The summed E-state index contributed by atoms with van der Waals surface area (Å²) >= 11 is 0. The highest BCUT2D eigenvalue weighted by Crippen LogP contribution is 2.27. The van der Waals surface area contributed by atoms with Crippen LogP contribution >= 0.6 is 0 Å². The fraction of sp³-hybridized carbons (Fsp3) is 0.273. The SMILES string of the molecule is OB(O)/C=C/c1cccc(OC2CC2)c1. The monoisotopic (exact) mass is 204 g/mol. The molecule has 0 amide bonds. The van der Waals surface area contributed by atoms with Crippen LogP contribution in [0.4, 0.5) is 0 Å². The predicted octanol–water partition coefficient (Wildman–Crippen LogP) is 1.25. The van der Waals surface area contributed by atoms with E-state index < -0.39 is 7.12 Å². The first kappa shape index (κ1) is 10.3. The van der Waals surface area contributed by atoms with Gasteiger partial charge < -0.3 is 14.8 Å². The Balaban J connectivity index is 2.04. The van der Waals surface area contributed by atoms with Crippen molar-refractivity contribution in [2.24, 2.45) is 0 Å². The maximum Gasteiger partial charge on any atom is 0.480 e. The van der Waals surface area contributed by atoms with Gasteiger partial charge in [-0.15, -0.1) is 0 Å². The van der Waals surface area contributed by atoms with Crippen LogP contribution in [0, 0.1) is 0 Å². The van der Waals surface area contributed by atoms with Crippen molar-refractivity contribution in [1.82, 2.24) is 0 Å². The molecule has 0 aromatic heterocycles. The third-order valence-corrected chi connectivity index (χ3v) is 2.15. The van der Waals surface area contributed by atoms with Crippen molar-refractivity contribution in [2.75, 3.05) is 0 Å². The topological polar surface area (TPSA) is 49.7 Å². The molecule has 15 heavy (non-hydrogen) atoms. The third-order valence-electron chi connectivity index (χ3n) is 2.15. The van der Waals surface area contributed by atoms with E-state index in [0.717, 1.165) is 24.2 Å². The predicted molar refractivity (Wildman–Crippen MR) is 59.3 cm³/mol. The Morgan fingerprint density at radius 2 is 2.13 bits per heavy atom. The van der Waals surface area contributed by atoms with Crippen LogP contribution in [0.5, 0.6) is 5.75 Å². The van der Waals surface area contributed by atoms with Crippen LogP contribution in [0.15, 0.2) is 30.2 Å². The zero-order valence-corrected chi connectivity index (χ0v) is 8.34. The molecule has 0 bridgehead atoms. The summed E-state index contributed by atoms with van der Waals surface area (Å²) in [6, 6.07) is 7.57. The van der Waals surface area contributed by atoms with E-state index in [9.17, 15) is 0 Å². The highest BCUT2D eigenvalue weighted by molar-refractivity contribution is 6.48. The summed E-state index contributed by atoms with van der Waals surface area (Å²) in [6.07, 6.45) is 4.31. The Kier molecular flexibility index (Phi) is 3.09. The van der Waals surface area contributed by atoms with E-state index in [1.807, 2.05) is 24.3 Å². The summed E-state index contributed by atoms with van der Waals surface area (Å²) in [4.78, 5) is 0. The summed E-state index contributed by atoms with van der Waals surface area (Å²) in [6.45, 7) is 0. The maximum absolute atomic E-state index is 8.68. The van der Waals surface area contributed by atoms with Gasteiger partial charge >= 0.3 is 7.12 Å². The molecule has 2 N–H and O–H groups in total. The van der Waals surface area contributed by atoms with Crippen molar-refractivity contribution in [3.63, 3.8) is 0 Å². The Bertz CT molecular complexity index is 359. The Labute approximate surface area is 89.2 Å². The van der Waals surface area contributed by atoms with E-state index in [1.54, 1.807) is 6.08 Å². The van der Waals surface area contributed by atoms with Crippen molar-refractivity contribution < 1.29 is 14.8 Å². The summed E-state index contributed by atoms with van der Waals surface area (Å²) in [7, 11) is -1.40. The Morgan fingerprint density at radius 1 is 1.33 bits per heavy atom. The number of ether oxygens (including phenoxy) is 1. The molecular weight excluding hydrogens is 191 g/mol. The quantitative estimate of drug-likeness (QED) is 0.725. The Hall–Kier alpha value is -1.26. The van der Waals surface area contributed by atoms with Gasteiger partial charge in [0.25, 0.3) is 0 Å². The van der Waals surface area contributed by atoms with Gasteiger partial charge in [0.15, 0.2) is 0 Å². The van der Waals surface area contributed by atoms with Gasteiger partial charge in [0.1, 0.15) is 5.75 Å². The highest BCUT2D eigenvalue weighted by atomic mass is 16.5. The maximum atomic E-state index is 8.68. The molecule has 1 aliphatic carbocycles. The highest BCUT2D eigenvalue weighted by Gasteiger charge is 2.23. The summed E-state index contributed by atoms with van der Waals surface area (Å²) in [5.41, 5.74) is 0.904. The molecule has 1 fully saturated rings. The fourth-order valence-corrected chi connectivity index (χ4v) is 1.27. The molecule has 2 rings (SSSR count). The average Bonchev–Trinajstić information content (AvgIpc) is 2.99. The molecule has 1 aliphatic rings. The lowest BCUT2D eigenvalue weighted by atomic mass is 9.91. The number of rotatable bonds is 4. The molecule has 1 aromatic rings. The van der Waals surface area contributed by atoms with Crippen LogP contribution < -0.4 is 4.74 Å². The van der Waals surface area contributed by atoms with Crippen LogP contribution in [0.3, 0.4) is 0 Å². The van der Waals surface area contributed by atoms with Gasteiger partial charge in [-0.1, -0.05) is 24.2 Å². The molecule has 78 valence electrons. The van der Waals surface area contributed by atoms with Crippen LogP contribution in [0.25, 0.3) is 6.08 Å². The van der Waals surface area contributed by atoms with Gasteiger partial charge in [-0.3, -0.25) is 0 Å². The molecule has 1 aromatic carbocycles. The van der Waals surface area contributed by atoms with E-state index >= 15 is 0 Å². The second-order valence-corrected chi connectivity index (χ2v) is 3.66. The molecule has 0 atom stereocenters. The largest absolute Gasteiger partial charge is 0.490 e. The molecule has 4 heteroatoms. The number of hydrogen-bond acceptors (Lipinski definition) is 3. The summed E-state index contributed by atoms with van der Waals surface area (Å²) in [5, 5.41) is 17.4. The minimum Gasteiger partial charge on any atom is -0.490 e. The second-order valence-electron chi connectivity index (χ2n) is 3.66. The van der Waals surface area contributed by atoms with Crippen LogP contribution in [0.1, 0.15) is 18.4 Å². The first-order valence-electron chi connectivity index (χ1n) is 5.05. The zero-order chi connectivity index (χ0) is 10.7. The van der Waals surface area contributed by atoms with Crippen LogP contribution in [-0.2, 0) is 0 Å². The molecule has 0 heterocycles. The first-order chi connectivity index (χ1) is 7.24. The van der Waals surface area contributed by atoms with Gasteiger partial charge in [0.2, 0.25) is 0 Å². The van der Waals surface area contributed by atoms with Crippen molar-refractivity contribution in [3.05, 3.63) is 35.8 Å². The second kappa shape index (κ2) is 4.51. The van der Waals surface area contributed by atoms with Gasteiger partial charge in [-0.25, -0.2) is 0 Å². The first-order valence-corrected chi connectivity index (χ1v) is 5.05. The van der Waals surface area contributed by atoms with E-state index in [-0.39, 0.29) is 0 Å². The normalized spacial score (nSPS) is 15.6. The molecule has 0 saturated heterocycles. The lowest BCUT2D eigenvalue weighted by Crippen LogP contribution is -2.05. The molecule has 1 saturated carbocycles. The summed E-state index contributed by atoms with van der Waals surface area (Å²) < 4.78 is 5.61. The van der Waals surface area contributed by atoms with E-state index in [0.29, 0.717) is 6.10 Å². The molecule has 3 nitrogen and oxygen atoms in total. The van der Waals surface area contributed by atoms with E-state index in [1.165, 1.54) is 5.98 Å². The van der Waals surface area contributed by atoms with Crippen LogP contribution in [0.2, 0.25) is 0 Å². The Morgan fingerprint density at radius 3 is 2.80 bits per heavy atom. The van der Waals surface area contributed by atoms with Crippen molar-refractivity contribution in [2.45, 2.75) is 18.9 Å². The number of benzene rings is 1. The molecular formula is C11H13BO3. The smallest absolute Gasteiger partial charge is 0.480 e. The van der Waals surface area contributed by atoms with Gasteiger partial charge in [-0.2, -0.15) is 0 Å². The van der Waals surface area contributed by atoms with Crippen molar-refractivity contribution in [3.8, 4) is 5.75 Å². The van der Waals surface area contributed by atoms with Crippen molar-refractivity contribution >= 4 is 13.2 Å². The lowest BCUT2D eigenvalue weighted by molar-refractivity contribution is 0.303. The summed E-state index contributed by atoms with van der Waals surface area (Å²) in [5.74, 6) is 2.16. The molecule has 0 unspecified atom stereocenters. The molecule has 0 aliphatic heterocycles. The lowest BCUT2D eigenvalue weighted by Gasteiger charge is -2.04. The molecule has 0 spiro atoms. The minimum absolute atomic E-state index is 0.382. The standard InChI is InChI=1S/C11H13BO3/c13-12(14)7-6-9-2-1-3-11(8-9)15-10-4-5-10/h1-3,6-8,10,13-14H,4-5H2/b7-6+. The van der Waals surface area contributed by atoms with Gasteiger partial charge in [-0.05, 0) is 30.5 Å². The number of hydrogen-bond donors (Lipinski definition) is 2. The fourth-order valence-electron chi connectivity index (χ4n) is 1.27. The van der Waals surface area contributed by atoms with Gasteiger partial charge in [0.05, 0.1) is 6.10 Å². The average molecular weight is 204 g/mol. The third kappa shape index (κ3) is 3.42. The minimum atomic E-state index is -1.40. The zero-order valence-electron chi connectivity index (χ0n) is 8.34. The molecule has 0 radical (unpaired) electrons. The van der Waals surface area contributed by atoms with Gasteiger partial charge in [0, 0.05) is 0 Å². The van der Waals surface area contributed by atoms with E-state index in [4.69, 9.17) is 14.8 Å². The van der Waals surface area contributed by atoms with Crippen molar-refractivity contribution in [1.29, 1.82) is 0 Å². The van der Waals surface area contributed by atoms with E-state index in [2.05, 4.69) is 0 Å².